The van der Waals surface area contributed by atoms with Crippen LogP contribution < -0.4 is 0 Å². The molecule has 1 aliphatic heterocycles. The second kappa shape index (κ2) is 14.9. The summed E-state index contributed by atoms with van der Waals surface area (Å²) in [5.41, 5.74) is -0.692. The SMILES string of the molecule is CC/C(=C(F)\C=C(\F)Cc1c(I)cc(C)cc1CN1C(O)O[C@H](c2cc(C(F)(F)F)cc(C(F)(F)F)c2)[C@@H]1C)c1ccc(C(=O)O)cc1C. The minimum absolute atomic E-state index is 0.0119. The number of carboxylic acid groups (broad SMARTS) is 1. The van der Waals surface area contributed by atoms with E-state index in [-0.39, 0.29) is 36.6 Å². The van der Waals surface area contributed by atoms with E-state index in [9.17, 15) is 41.4 Å². The van der Waals surface area contributed by atoms with Crippen molar-refractivity contribution in [2.75, 3.05) is 0 Å². The Kier molecular flexibility index (Phi) is 11.7. The van der Waals surface area contributed by atoms with E-state index in [4.69, 9.17) is 4.74 Å². The van der Waals surface area contributed by atoms with Crippen molar-refractivity contribution in [3.63, 3.8) is 0 Å². The average molecular weight is 810 g/mol. The van der Waals surface area contributed by atoms with E-state index in [0.29, 0.717) is 38.0 Å². The average Bonchev–Trinajstić information content (AvgIpc) is 3.27. The molecule has 14 heteroatoms. The lowest BCUT2D eigenvalue weighted by atomic mass is 9.95. The predicted octanol–water partition coefficient (Wildman–Crippen LogP) is 10.1. The molecule has 3 atom stereocenters. The molecule has 0 bridgehead atoms. The molecule has 1 unspecified atom stereocenters. The number of halogens is 9. The second-order valence-corrected chi connectivity index (χ2v) is 13.0. The van der Waals surface area contributed by atoms with E-state index in [2.05, 4.69) is 0 Å². The number of aliphatic hydroxyl groups excluding tert-OH is 1. The molecular formula is C35H32F8INO4. The van der Waals surface area contributed by atoms with E-state index in [1.54, 1.807) is 32.9 Å². The summed E-state index contributed by atoms with van der Waals surface area (Å²) in [5, 5.41) is 20.0. The zero-order valence-electron chi connectivity index (χ0n) is 26.6. The van der Waals surface area contributed by atoms with Gasteiger partial charge in [-0.15, -0.1) is 0 Å². The fraction of sp³-hybridized carbons (Fsp3) is 0.343. The number of hydrogen-bond donors (Lipinski definition) is 2. The van der Waals surface area contributed by atoms with Gasteiger partial charge in [-0.3, -0.25) is 0 Å². The summed E-state index contributed by atoms with van der Waals surface area (Å²) < 4.78 is 118. The Labute approximate surface area is 291 Å². The summed E-state index contributed by atoms with van der Waals surface area (Å²) in [5.74, 6) is -2.84. The molecule has 0 radical (unpaired) electrons. The Morgan fingerprint density at radius 1 is 0.980 bits per heavy atom. The summed E-state index contributed by atoms with van der Waals surface area (Å²) in [6.45, 7) is 6.41. The quantitative estimate of drug-likeness (QED) is 0.128. The van der Waals surface area contributed by atoms with Crippen LogP contribution in [0.15, 0.2) is 66.3 Å². The smallest absolute Gasteiger partial charge is 0.416 e. The molecule has 1 aliphatic rings. The van der Waals surface area contributed by atoms with Crippen molar-refractivity contribution in [3.8, 4) is 0 Å². The molecule has 3 aromatic carbocycles. The Morgan fingerprint density at radius 2 is 1.59 bits per heavy atom. The summed E-state index contributed by atoms with van der Waals surface area (Å²) in [4.78, 5) is 12.6. The summed E-state index contributed by atoms with van der Waals surface area (Å²) in [6, 6.07) is 7.85. The number of benzene rings is 3. The van der Waals surface area contributed by atoms with Gasteiger partial charge in [0.2, 0.25) is 6.41 Å². The van der Waals surface area contributed by atoms with Crippen LogP contribution in [0.4, 0.5) is 35.1 Å². The fourth-order valence-corrected chi connectivity index (χ4v) is 6.90. The Hall–Kier alpha value is -3.34. The highest BCUT2D eigenvalue weighted by Crippen LogP contribution is 2.42. The van der Waals surface area contributed by atoms with Crippen molar-refractivity contribution in [1.29, 1.82) is 0 Å². The molecule has 2 N–H and O–H groups in total. The van der Waals surface area contributed by atoms with Crippen LogP contribution in [0, 0.1) is 17.4 Å². The third-order valence-corrected chi connectivity index (χ3v) is 9.27. The van der Waals surface area contributed by atoms with Gasteiger partial charge in [-0.05, 0) is 125 Å². The van der Waals surface area contributed by atoms with Crippen molar-refractivity contribution in [2.45, 2.75) is 78.0 Å². The Balaban J connectivity index is 1.65. The Morgan fingerprint density at radius 3 is 2.12 bits per heavy atom. The summed E-state index contributed by atoms with van der Waals surface area (Å²) in [6.07, 6.45) is -12.7. The largest absolute Gasteiger partial charge is 0.478 e. The second-order valence-electron chi connectivity index (χ2n) is 11.8. The van der Waals surface area contributed by atoms with Gasteiger partial charge >= 0.3 is 18.3 Å². The number of aromatic carboxylic acids is 1. The van der Waals surface area contributed by atoms with Crippen LogP contribution in [0.2, 0.25) is 0 Å². The normalized spacial score (nSPS) is 19.7. The maximum absolute atomic E-state index is 15.5. The van der Waals surface area contributed by atoms with Gasteiger partial charge < -0.3 is 14.9 Å². The maximum Gasteiger partial charge on any atom is 0.416 e. The van der Waals surface area contributed by atoms with Gasteiger partial charge in [0, 0.05) is 28.7 Å². The molecular weight excluding hydrogens is 777 g/mol. The summed E-state index contributed by atoms with van der Waals surface area (Å²) >= 11 is 1.98. The number of hydrogen-bond acceptors (Lipinski definition) is 4. The number of nitrogens with zero attached hydrogens (tertiary/aromatic N) is 1. The minimum atomic E-state index is -5.07. The van der Waals surface area contributed by atoms with Crippen molar-refractivity contribution in [1.82, 2.24) is 4.90 Å². The van der Waals surface area contributed by atoms with Gasteiger partial charge in [-0.1, -0.05) is 19.1 Å². The van der Waals surface area contributed by atoms with Gasteiger partial charge in [0.05, 0.1) is 16.7 Å². The molecule has 264 valence electrons. The first-order valence-electron chi connectivity index (χ1n) is 15.0. The standard InChI is InChI=1S/C35H32F8INO4/c1-5-26(27-7-6-20(32(46)47)10-18(27)3)29(37)15-25(36)14-28-22(8-17(2)9-30(28)44)16-45-19(4)31(49-33(45)48)21-11-23(34(38,39)40)13-24(12-21)35(41,42)43/h6-13,15,19,31,33,48H,5,14,16H2,1-4H3,(H,46,47)/b25-15+,29-26-/t19-,31-,33?/m0/s1. The number of ether oxygens (including phenoxy) is 1. The fourth-order valence-electron chi connectivity index (χ4n) is 5.87. The lowest BCUT2D eigenvalue weighted by molar-refractivity contribution is -0.154. The van der Waals surface area contributed by atoms with Gasteiger partial charge in [0.15, 0.2) is 0 Å². The summed E-state index contributed by atoms with van der Waals surface area (Å²) in [7, 11) is 0. The van der Waals surface area contributed by atoms with Crippen LogP contribution in [-0.4, -0.2) is 33.5 Å². The number of carbonyl (C=O) groups is 1. The van der Waals surface area contributed by atoms with Crippen molar-refractivity contribution in [3.05, 3.63) is 120 Å². The van der Waals surface area contributed by atoms with E-state index >= 15 is 8.78 Å². The third kappa shape index (κ3) is 8.88. The molecule has 0 amide bonds. The molecule has 0 aliphatic carbocycles. The van der Waals surface area contributed by atoms with Crippen molar-refractivity contribution < 1.29 is 54.9 Å². The van der Waals surface area contributed by atoms with E-state index in [0.717, 1.165) is 11.6 Å². The molecule has 49 heavy (non-hydrogen) atoms. The van der Waals surface area contributed by atoms with Gasteiger partial charge in [-0.2, -0.15) is 26.3 Å². The van der Waals surface area contributed by atoms with Gasteiger partial charge in [0.25, 0.3) is 0 Å². The zero-order valence-corrected chi connectivity index (χ0v) is 28.8. The highest BCUT2D eigenvalue weighted by molar-refractivity contribution is 14.1. The van der Waals surface area contributed by atoms with Gasteiger partial charge in [-0.25, -0.2) is 18.5 Å². The molecule has 1 heterocycles. The van der Waals surface area contributed by atoms with E-state index in [1.165, 1.54) is 30.0 Å². The topological polar surface area (TPSA) is 70.0 Å². The molecule has 1 fully saturated rings. The Bertz CT molecular complexity index is 1770. The van der Waals surface area contributed by atoms with Gasteiger partial charge in [0.1, 0.15) is 17.8 Å². The molecule has 3 aromatic rings. The van der Waals surface area contributed by atoms with Crippen molar-refractivity contribution in [2.24, 2.45) is 0 Å². The van der Waals surface area contributed by atoms with Crippen molar-refractivity contribution >= 4 is 34.1 Å². The third-order valence-electron chi connectivity index (χ3n) is 8.31. The minimum Gasteiger partial charge on any atom is -0.478 e. The lowest BCUT2D eigenvalue weighted by Crippen LogP contribution is -2.35. The molecule has 0 spiro atoms. The number of aryl methyl sites for hydroxylation is 2. The molecule has 0 aromatic heterocycles. The highest BCUT2D eigenvalue weighted by atomic mass is 127. The van der Waals surface area contributed by atoms with Crippen LogP contribution in [0.25, 0.3) is 5.57 Å². The van der Waals surface area contributed by atoms with Crippen LogP contribution in [0.1, 0.15) is 81.2 Å². The monoisotopic (exact) mass is 809 g/mol. The zero-order chi connectivity index (χ0) is 36.6. The number of alkyl halides is 6. The highest BCUT2D eigenvalue weighted by Gasteiger charge is 2.43. The molecule has 1 saturated heterocycles. The first-order valence-corrected chi connectivity index (χ1v) is 16.0. The first-order chi connectivity index (χ1) is 22.7. The van der Waals surface area contributed by atoms with Crippen LogP contribution >= 0.6 is 22.6 Å². The van der Waals surface area contributed by atoms with Crippen LogP contribution in [0.5, 0.6) is 0 Å². The lowest BCUT2D eigenvalue weighted by Gasteiger charge is -2.26. The molecule has 0 saturated carbocycles. The van der Waals surface area contributed by atoms with Crippen LogP contribution in [-0.2, 0) is 30.1 Å². The maximum atomic E-state index is 15.5. The first kappa shape index (κ1) is 38.5. The number of carboxylic acids is 1. The predicted molar refractivity (Wildman–Crippen MR) is 175 cm³/mol. The van der Waals surface area contributed by atoms with Crippen LogP contribution in [0.3, 0.4) is 0 Å². The number of allylic oxidation sites excluding steroid dienone is 4. The molecule has 5 nitrogen and oxygen atoms in total. The number of rotatable bonds is 9. The van der Waals surface area contributed by atoms with E-state index in [1.807, 2.05) is 22.6 Å². The van der Waals surface area contributed by atoms with E-state index < -0.39 is 65.2 Å². The number of aliphatic hydroxyl groups is 1. The molecule has 4 rings (SSSR count).